The maximum Gasteiger partial charge on any atom is 0.340 e. The van der Waals surface area contributed by atoms with Crippen molar-refractivity contribution in [3.8, 4) is 5.75 Å². The van der Waals surface area contributed by atoms with E-state index in [-0.39, 0.29) is 23.1 Å². The Bertz CT molecular complexity index is 922. The Morgan fingerprint density at radius 2 is 1.81 bits per heavy atom. The van der Waals surface area contributed by atoms with Crippen molar-refractivity contribution in [2.24, 2.45) is 11.8 Å². The van der Waals surface area contributed by atoms with Gasteiger partial charge in [-0.2, -0.15) is 0 Å². The van der Waals surface area contributed by atoms with E-state index in [1.54, 1.807) is 6.07 Å². The molecule has 0 bridgehead atoms. The summed E-state index contributed by atoms with van der Waals surface area (Å²) in [6, 6.07) is 5.57. The Balaban J connectivity index is 1.91. The first-order chi connectivity index (χ1) is 12.5. The summed E-state index contributed by atoms with van der Waals surface area (Å²) in [4.78, 5) is 16.7. The number of hydrogen-bond acceptors (Lipinski definition) is 3. The lowest BCUT2D eigenvalue weighted by molar-refractivity contribution is 0.0695. The molecule has 1 fully saturated rings. The van der Waals surface area contributed by atoms with Crippen molar-refractivity contribution in [2.75, 3.05) is 0 Å². The minimum absolute atomic E-state index is 0.0199. The topological polar surface area (TPSA) is 70.4 Å². The van der Waals surface area contributed by atoms with Gasteiger partial charge < -0.3 is 10.2 Å². The fourth-order valence-electron chi connectivity index (χ4n) is 4.47. The zero-order chi connectivity index (χ0) is 18.4. The van der Waals surface area contributed by atoms with Crippen molar-refractivity contribution in [1.29, 1.82) is 0 Å². The van der Waals surface area contributed by atoms with E-state index in [4.69, 9.17) is 4.98 Å². The second kappa shape index (κ2) is 6.27. The molecule has 26 heavy (non-hydrogen) atoms. The monoisotopic (exact) mass is 349 g/mol. The predicted octanol–water partition coefficient (Wildman–Crippen LogP) is 5.00. The standard InChI is InChI=1S/C22H23NO3/c1-12(2)16-8-5-9-17-18(22(25)26)21(24)19(23-20(16)17)15-10-13-6-3-4-7-14(13)11-15/h3-9,12-15,24H,10-11H2,1-2H3,(H,25,26). The van der Waals surface area contributed by atoms with Gasteiger partial charge in [0.1, 0.15) is 5.56 Å². The van der Waals surface area contributed by atoms with Gasteiger partial charge >= 0.3 is 5.97 Å². The van der Waals surface area contributed by atoms with Gasteiger partial charge in [0.25, 0.3) is 0 Å². The summed E-state index contributed by atoms with van der Waals surface area (Å²) in [6.07, 6.45) is 10.3. The fraction of sp³-hybridized carbons (Fsp3) is 0.364. The highest BCUT2D eigenvalue weighted by molar-refractivity contribution is 6.06. The molecule has 1 aromatic heterocycles. The van der Waals surface area contributed by atoms with E-state index in [1.807, 2.05) is 12.1 Å². The van der Waals surface area contributed by atoms with Crippen LogP contribution in [-0.2, 0) is 0 Å². The SMILES string of the molecule is CC(C)c1cccc2c(C(=O)O)c(O)c(C3CC4C=CC=CC4C3)nc12. The van der Waals surface area contributed by atoms with Crippen LogP contribution in [0, 0.1) is 11.8 Å². The summed E-state index contributed by atoms with van der Waals surface area (Å²) in [5.41, 5.74) is 2.24. The number of pyridine rings is 1. The molecule has 4 nitrogen and oxygen atoms in total. The number of aromatic nitrogens is 1. The highest BCUT2D eigenvalue weighted by atomic mass is 16.4. The summed E-state index contributed by atoms with van der Waals surface area (Å²) >= 11 is 0. The number of fused-ring (bicyclic) bond motifs is 2. The third-order valence-corrected chi connectivity index (χ3v) is 5.76. The summed E-state index contributed by atoms with van der Waals surface area (Å²) in [7, 11) is 0. The molecular weight excluding hydrogens is 326 g/mol. The molecule has 0 aliphatic heterocycles. The molecule has 0 amide bonds. The van der Waals surface area contributed by atoms with E-state index >= 15 is 0 Å². The molecule has 2 N–H and O–H groups in total. The molecule has 2 aliphatic carbocycles. The lowest BCUT2D eigenvalue weighted by Gasteiger charge is -2.17. The van der Waals surface area contributed by atoms with Crippen LogP contribution in [0.25, 0.3) is 10.9 Å². The summed E-state index contributed by atoms with van der Waals surface area (Å²) in [5, 5.41) is 21.1. The molecule has 2 aromatic rings. The molecule has 0 radical (unpaired) electrons. The number of para-hydroxylation sites is 1. The van der Waals surface area contributed by atoms with Gasteiger partial charge in [-0.05, 0) is 36.2 Å². The van der Waals surface area contributed by atoms with E-state index < -0.39 is 5.97 Å². The van der Waals surface area contributed by atoms with Crippen LogP contribution in [0.2, 0.25) is 0 Å². The van der Waals surface area contributed by atoms with Gasteiger partial charge in [-0.1, -0.05) is 56.4 Å². The second-order valence-electron chi connectivity index (χ2n) is 7.69. The number of carboxylic acids is 1. The van der Waals surface area contributed by atoms with Crippen LogP contribution in [0.4, 0.5) is 0 Å². The molecule has 1 saturated carbocycles. The van der Waals surface area contributed by atoms with E-state index in [1.165, 1.54) is 0 Å². The number of allylic oxidation sites excluding steroid dienone is 4. The molecule has 2 aliphatic rings. The first-order valence-corrected chi connectivity index (χ1v) is 9.21. The van der Waals surface area contributed by atoms with Crippen molar-refractivity contribution in [2.45, 2.75) is 38.5 Å². The van der Waals surface area contributed by atoms with Crippen LogP contribution in [0.5, 0.6) is 5.75 Å². The quantitative estimate of drug-likeness (QED) is 0.818. The van der Waals surface area contributed by atoms with E-state index in [0.29, 0.717) is 28.4 Å². The summed E-state index contributed by atoms with van der Waals surface area (Å²) in [5.74, 6) is -0.0943. The van der Waals surface area contributed by atoms with E-state index in [2.05, 4.69) is 38.2 Å². The van der Waals surface area contributed by atoms with Gasteiger partial charge in [-0.3, -0.25) is 0 Å². The molecule has 2 atom stereocenters. The number of nitrogens with zero attached hydrogens (tertiary/aromatic N) is 1. The normalized spacial score (nSPS) is 24.3. The third-order valence-electron chi connectivity index (χ3n) is 5.76. The van der Waals surface area contributed by atoms with Crippen molar-refractivity contribution >= 4 is 16.9 Å². The Morgan fingerprint density at radius 1 is 1.15 bits per heavy atom. The number of carboxylic acid groups (broad SMARTS) is 1. The van der Waals surface area contributed by atoms with Crippen molar-refractivity contribution in [3.63, 3.8) is 0 Å². The zero-order valence-electron chi connectivity index (χ0n) is 15.0. The van der Waals surface area contributed by atoms with Crippen LogP contribution in [0.3, 0.4) is 0 Å². The minimum Gasteiger partial charge on any atom is -0.505 e. The lowest BCUT2D eigenvalue weighted by atomic mass is 9.92. The molecule has 1 heterocycles. The van der Waals surface area contributed by atoms with Crippen LogP contribution in [0.15, 0.2) is 42.5 Å². The van der Waals surface area contributed by atoms with Crippen LogP contribution < -0.4 is 0 Å². The minimum atomic E-state index is -1.10. The smallest absolute Gasteiger partial charge is 0.340 e. The van der Waals surface area contributed by atoms with Crippen LogP contribution in [-0.4, -0.2) is 21.2 Å². The van der Waals surface area contributed by atoms with Crippen molar-refractivity contribution in [1.82, 2.24) is 4.98 Å². The third kappa shape index (κ3) is 2.61. The Kier molecular flexibility index (Phi) is 4.06. The van der Waals surface area contributed by atoms with Gasteiger partial charge in [0, 0.05) is 11.3 Å². The Hall–Kier alpha value is -2.62. The highest BCUT2D eigenvalue weighted by Gasteiger charge is 2.36. The number of aromatic carboxylic acids is 1. The number of rotatable bonds is 3. The second-order valence-corrected chi connectivity index (χ2v) is 7.69. The molecule has 134 valence electrons. The summed E-state index contributed by atoms with van der Waals surface area (Å²) < 4.78 is 0. The maximum absolute atomic E-state index is 11.9. The number of aromatic hydroxyl groups is 1. The molecule has 2 unspecified atom stereocenters. The van der Waals surface area contributed by atoms with Crippen molar-refractivity contribution in [3.05, 3.63) is 59.3 Å². The van der Waals surface area contributed by atoms with Gasteiger partial charge in [0.05, 0.1) is 11.2 Å². The van der Waals surface area contributed by atoms with Crippen LogP contribution >= 0.6 is 0 Å². The first kappa shape index (κ1) is 16.8. The Labute approximate surface area is 152 Å². The molecule has 4 rings (SSSR count). The molecule has 0 spiro atoms. The molecule has 4 heteroatoms. The average molecular weight is 349 g/mol. The Morgan fingerprint density at radius 3 is 2.38 bits per heavy atom. The van der Waals surface area contributed by atoms with Crippen LogP contribution in [0.1, 0.15) is 60.1 Å². The van der Waals surface area contributed by atoms with Gasteiger partial charge in [-0.25, -0.2) is 9.78 Å². The number of hydrogen-bond donors (Lipinski definition) is 2. The fourth-order valence-corrected chi connectivity index (χ4v) is 4.47. The molecule has 0 saturated heterocycles. The van der Waals surface area contributed by atoms with E-state index in [0.717, 1.165) is 18.4 Å². The molecular formula is C22H23NO3. The van der Waals surface area contributed by atoms with Gasteiger partial charge in [0.15, 0.2) is 5.75 Å². The zero-order valence-corrected chi connectivity index (χ0v) is 15.0. The predicted molar refractivity (Wildman–Crippen MR) is 102 cm³/mol. The first-order valence-electron chi connectivity index (χ1n) is 9.21. The number of benzene rings is 1. The van der Waals surface area contributed by atoms with Gasteiger partial charge in [-0.15, -0.1) is 0 Å². The number of carbonyl (C=O) groups is 1. The van der Waals surface area contributed by atoms with Crippen molar-refractivity contribution < 1.29 is 15.0 Å². The van der Waals surface area contributed by atoms with E-state index in [9.17, 15) is 15.0 Å². The summed E-state index contributed by atoms with van der Waals surface area (Å²) in [6.45, 7) is 4.15. The molecule has 1 aromatic carbocycles. The lowest BCUT2D eigenvalue weighted by Crippen LogP contribution is -2.07. The largest absolute Gasteiger partial charge is 0.505 e. The average Bonchev–Trinajstić information content (AvgIpc) is 3.03. The maximum atomic E-state index is 11.9. The van der Waals surface area contributed by atoms with Gasteiger partial charge in [0.2, 0.25) is 0 Å². The highest BCUT2D eigenvalue weighted by Crippen LogP contribution is 2.48.